The summed E-state index contributed by atoms with van der Waals surface area (Å²) >= 11 is 6.12. The Morgan fingerprint density at radius 1 is 1.00 bits per heavy atom. The molecule has 0 radical (unpaired) electrons. The zero-order chi connectivity index (χ0) is 13.1. The number of halogens is 1. The van der Waals surface area contributed by atoms with E-state index >= 15 is 0 Å². The van der Waals surface area contributed by atoms with Crippen molar-refractivity contribution in [2.45, 2.75) is 25.4 Å². The van der Waals surface area contributed by atoms with E-state index in [1.54, 1.807) is 0 Å². The van der Waals surface area contributed by atoms with E-state index < -0.39 is 0 Å². The standard InChI is InChI=1S/C16H16ClNO/c17-14-6-2-4-8-16(14)19-15-7-3-1-5-12(15)11-18-13-9-10-13/h1-8,13,18H,9-11H2. The van der Waals surface area contributed by atoms with Crippen molar-refractivity contribution in [3.63, 3.8) is 0 Å². The zero-order valence-electron chi connectivity index (χ0n) is 10.6. The second kappa shape index (κ2) is 5.64. The van der Waals surface area contributed by atoms with Gasteiger partial charge in [0.25, 0.3) is 0 Å². The van der Waals surface area contributed by atoms with Crippen molar-refractivity contribution in [1.29, 1.82) is 0 Å². The summed E-state index contributed by atoms with van der Waals surface area (Å²) in [7, 11) is 0. The van der Waals surface area contributed by atoms with Crippen LogP contribution in [0.1, 0.15) is 18.4 Å². The van der Waals surface area contributed by atoms with Crippen molar-refractivity contribution in [3.8, 4) is 11.5 Å². The Hall–Kier alpha value is -1.51. The second-order valence-corrected chi connectivity index (χ2v) is 5.20. The van der Waals surface area contributed by atoms with Gasteiger partial charge in [-0.05, 0) is 31.0 Å². The van der Waals surface area contributed by atoms with Gasteiger partial charge in [-0.25, -0.2) is 0 Å². The third-order valence-electron chi connectivity index (χ3n) is 3.19. The SMILES string of the molecule is Clc1ccccc1Oc1ccccc1CNC1CC1. The Labute approximate surface area is 118 Å². The normalized spacial score (nSPS) is 14.4. The van der Waals surface area contributed by atoms with Gasteiger partial charge in [0.15, 0.2) is 0 Å². The van der Waals surface area contributed by atoms with Crippen molar-refractivity contribution in [2.75, 3.05) is 0 Å². The molecule has 1 aliphatic rings. The largest absolute Gasteiger partial charge is 0.455 e. The fourth-order valence-electron chi connectivity index (χ4n) is 1.94. The summed E-state index contributed by atoms with van der Waals surface area (Å²) in [6, 6.07) is 16.3. The quantitative estimate of drug-likeness (QED) is 0.873. The van der Waals surface area contributed by atoms with E-state index in [0.717, 1.165) is 17.9 Å². The average Bonchev–Trinajstić information content (AvgIpc) is 3.24. The van der Waals surface area contributed by atoms with Gasteiger partial charge in [-0.15, -0.1) is 0 Å². The molecule has 2 aromatic rings. The van der Waals surface area contributed by atoms with Gasteiger partial charge < -0.3 is 10.1 Å². The highest BCUT2D eigenvalue weighted by Crippen LogP contribution is 2.31. The van der Waals surface area contributed by atoms with E-state index in [0.29, 0.717) is 16.8 Å². The van der Waals surface area contributed by atoms with Crippen LogP contribution in [0.3, 0.4) is 0 Å². The van der Waals surface area contributed by atoms with Gasteiger partial charge >= 0.3 is 0 Å². The van der Waals surface area contributed by atoms with Crippen LogP contribution in [0.15, 0.2) is 48.5 Å². The first kappa shape index (κ1) is 12.5. The van der Waals surface area contributed by atoms with Crippen LogP contribution < -0.4 is 10.1 Å². The van der Waals surface area contributed by atoms with E-state index in [2.05, 4.69) is 11.4 Å². The fraction of sp³-hybridized carbons (Fsp3) is 0.250. The topological polar surface area (TPSA) is 21.3 Å². The maximum atomic E-state index is 6.12. The van der Waals surface area contributed by atoms with E-state index in [1.165, 1.54) is 12.8 Å². The number of benzene rings is 2. The molecule has 0 unspecified atom stereocenters. The van der Waals surface area contributed by atoms with Crippen LogP contribution in [0.25, 0.3) is 0 Å². The van der Waals surface area contributed by atoms with Crippen LogP contribution >= 0.6 is 11.6 Å². The molecule has 2 aromatic carbocycles. The summed E-state index contributed by atoms with van der Waals surface area (Å²) < 4.78 is 5.92. The molecule has 1 N–H and O–H groups in total. The van der Waals surface area contributed by atoms with Crippen molar-refractivity contribution < 1.29 is 4.74 Å². The lowest BCUT2D eigenvalue weighted by molar-refractivity contribution is 0.473. The van der Waals surface area contributed by atoms with Crippen LogP contribution in [0.5, 0.6) is 11.5 Å². The van der Waals surface area contributed by atoms with E-state index in [9.17, 15) is 0 Å². The molecule has 0 heterocycles. The maximum absolute atomic E-state index is 6.12. The molecule has 19 heavy (non-hydrogen) atoms. The Balaban J connectivity index is 1.77. The van der Waals surface area contributed by atoms with Gasteiger partial charge in [-0.1, -0.05) is 41.9 Å². The summed E-state index contributed by atoms with van der Waals surface area (Å²) in [5.74, 6) is 1.56. The predicted molar refractivity (Wildman–Crippen MR) is 77.8 cm³/mol. The Bertz CT molecular complexity index is 566. The van der Waals surface area contributed by atoms with Crippen molar-refractivity contribution in [3.05, 3.63) is 59.1 Å². The lowest BCUT2D eigenvalue weighted by atomic mass is 10.2. The molecule has 0 aliphatic heterocycles. The third-order valence-corrected chi connectivity index (χ3v) is 3.50. The fourth-order valence-corrected chi connectivity index (χ4v) is 2.11. The molecule has 0 atom stereocenters. The molecular weight excluding hydrogens is 258 g/mol. The van der Waals surface area contributed by atoms with Gasteiger partial charge in [0.1, 0.15) is 11.5 Å². The molecule has 1 fully saturated rings. The van der Waals surface area contributed by atoms with Crippen molar-refractivity contribution in [1.82, 2.24) is 5.32 Å². The maximum Gasteiger partial charge on any atom is 0.146 e. The molecule has 0 aromatic heterocycles. The first-order valence-electron chi connectivity index (χ1n) is 6.56. The highest BCUT2D eigenvalue weighted by molar-refractivity contribution is 6.32. The first-order chi connectivity index (χ1) is 9.33. The number of ether oxygens (including phenoxy) is 1. The molecule has 1 aliphatic carbocycles. The van der Waals surface area contributed by atoms with Crippen molar-refractivity contribution in [2.24, 2.45) is 0 Å². The number of para-hydroxylation sites is 2. The van der Waals surface area contributed by atoms with E-state index in [1.807, 2.05) is 42.5 Å². The second-order valence-electron chi connectivity index (χ2n) is 4.80. The van der Waals surface area contributed by atoms with Crippen LogP contribution in [-0.4, -0.2) is 6.04 Å². The minimum absolute atomic E-state index is 0.632. The first-order valence-corrected chi connectivity index (χ1v) is 6.94. The molecule has 0 spiro atoms. The summed E-state index contributed by atoms with van der Waals surface area (Å²) in [5.41, 5.74) is 1.16. The van der Waals surface area contributed by atoms with Crippen LogP contribution in [0.4, 0.5) is 0 Å². The monoisotopic (exact) mass is 273 g/mol. The van der Waals surface area contributed by atoms with Crippen LogP contribution in [-0.2, 0) is 6.54 Å². The molecule has 3 heteroatoms. The van der Waals surface area contributed by atoms with Crippen LogP contribution in [0, 0.1) is 0 Å². The highest BCUT2D eigenvalue weighted by Gasteiger charge is 2.20. The molecule has 0 saturated heterocycles. The van der Waals surface area contributed by atoms with Gasteiger partial charge in [-0.2, -0.15) is 0 Å². The lowest BCUT2D eigenvalue weighted by Crippen LogP contribution is -2.15. The van der Waals surface area contributed by atoms with Gasteiger partial charge in [-0.3, -0.25) is 0 Å². The van der Waals surface area contributed by atoms with Gasteiger partial charge in [0.05, 0.1) is 5.02 Å². The smallest absolute Gasteiger partial charge is 0.146 e. The Morgan fingerprint density at radius 2 is 1.68 bits per heavy atom. The summed E-state index contributed by atoms with van der Waals surface area (Å²) in [6.07, 6.45) is 2.57. The number of rotatable bonds is 5. The number of hydrogen-bond donors (Lipinski definition) is 1. The van der Waals surface area contributed by atoms with Gasteiger partial charge in [0, 0.05) is 18.2 Å². The lowest BCUT2D eigenvalue weighted by Gasteiger charge is -2.12. The number of hydrogen-bond acceptors (Lipinski definition) is 2. The van der Waals surface area contributed by atoms with E-state index in [4.69, 9.17) is 16.3 Å². The van der Waals surface area contributed by atoms with Gasteiger partial charge in [0.2, 0.25) is 0 Å². The third kappa shape index (κ3) is 3.28. The predicted octanol–water partition coefficient (Wildman–Crippen LogP) is 4.38. The number of nitrogens with one attached hydrogen (secondary N) is 1. The van der Waals surface area contributed by atoms with Crippen LogP contribution in [0.2, 0.25) is 5.02 Å². The van der Waals surface area contributed by atoms with Crippen molar-refractivity contribution >= 4 is 11.6 Å². The average molecular weight is 274 g/mol. The Kier molecular flexibility index (Phi) is 3.72. The zero-order valence-corrected chi connectivity index (χ0v) is 11.4. The molecule has 0 amide bonds. The molecule has 2 nitrogen and oxygen atoms in total. The molecule has 0 bridgehead atoms. The summed E-state index contributed by atoms with van der Waals surface area (Å²) in [5, 5.41) is 4.13. The summed E-state index contributed by atoms with van der Waals surface area (Å²) in [4.78, 5) is 0. The molecule has 1 saturated carbocycles. The molecule has 3 rings (SSSR count). The Morgan fingerprint density at radius 3 is 2.42 bits per heavy atom. The minimum atomic E-state index is 0.632. The van der Waals surface area contributed by atoms with E-state index in [-0.39, 0.29) is 0 Å². The minimum Gasteiger partial charge on any atom is -0.455 e. The molecular formula is C16H16ClNO. The highest BCUT2D eigenvalue weighted by atomic mass is 35.5. The summed E-state index contributed by atoms with van der Waals surface area (Å²) in [6.45, 7) is 0.839. The molecule has 98 valence electrons.